The van der Waals surface area contributed by atoms with Crippen molar-refractivity contribution in [3.8, 4) is 16.8 Å². The molecule has 0 N–H and O–H groups in total. The molecule has 1 saturated heterocycles. The molecule has 6 rings (SSSR count). The molecule has 6 nitrogen and oxygen atoms in total. The van der Waals surface area contributed by atoms with Crippen molar-refractivity contribution in [3.63, 3.8) is 0 Å². The summed E-state index contributed by atoms with van der Waals surface area (Å²) in [6, 6.07) is 36.2. The highest BCUT2D eigenvalue weighted by molar-refractivity contribution is 5.63. The van der Waals surface area contributed by atoms with Crippen LogP contribution in [0.5, 0.6) is 0 Å². The fourth-order valence-electron chi connectivity index (χ4n) is 5.78. The van der Waals surface area contributed by atoms with Crippen LogP contribution in [0, 0.1) is 13.8 Å². The summed E-state index contributed by atoms with van der Waals surface area (Å²) in [5.41, 5.74) is 8.24. The average Bonchev–Trinajstić information content (AvgIpc) is 3.48. The Bertz CT molecular complexity index is 1560. The summed E-state index contributed by atoms with van der Waals surface area (Å²) in [4.78, 5) is 5.05. The van der Waals surface area contributed by atoms with Gasteiger partial charge in [-0.1, -0.05) is 115 Å². The summed E-state index contributed by atoms with van der Waals surface area (Å²) in [5.74, 6) is 0.854. The van der Waals surface area contributed by atoms with Crippen LogP contribution in [0.2, 0.25) is 0 Å². The lowest BCUT2D eigenvalue weighted by Gasteiger charge is -2.38. The van der Waals surface area contributed by atoms with Crippen molar-refractivity contribution in [1.29, 1.82) is 0 Å². The first kappa shape index (κ1) is 26.8. The molecule has 1 aliphatic heterocycles. The Hall–Kier alpha value is -4.39. The van der Waals surface area contributed by atoms with E-state index in [4.69, 9.17) is 0 Å². The zero-order valence-corrected chi connectivity index (χ0v) is 23.8. The van der Waals surface area contributed by atoms with Crippen molar-refractivity contribution in [2.75, 3.05) is 32.7 Å². The van der Waals surface area contributed by atoms with Gasteiger partial charge < -0.3 is 0 Å². The van der Waals surface area contributed by atoms with Gasteiger partial charge in [-0.2, -0.15) is 4.68 Å². The van der Waals surface area contributed by atoms with E-state index in [9.17, 15) is 0 Å². The zero-order chi connectivity index (χ0) is 28.0. The summed E-state index contributed by atoms with van der Waals surface area (Å²) < 4.78 is 1.95. The summed E-state index contributed by atoms with van der Waals surface area (Å²) in [6.45, 7) is 9.04. The fraction of sp³-hybridized carbons (Fsp3) is 0.229. The number of rotatable bonds is 8. The lowest BCUT2D eigenvalue weighted by Crippen LogP contribution is -2.48. The molecule has 1 aliphatic rings. The van der Waals surface area contributed by atoms with Crippen LogP contribution in [0.4, 0.5) is 0 Å². The van der Waals surface area contributed by atoms with E-state index in [-0.39, 0.29) is 6.04 Å². The lowest BCUT2D eigenvalue weighted by molar-refractivity contribution is 0.113. The minimum atomic E-state index is -0.0594. The fourth-order valence-corrected chi connectivity index (χ4v) is 5.78. The largest absolute Gasteiger partial charge is 0.297 e. The number of piperazine rings is 1. The van der Waals surface area contributed by atoms with E-state index in [2.05, 4.69) is 154 Å². The number of aryl methyl sites for hydroxylation is 2. The van der Waals surface area contributed by atoms with Crippen LogP contribution in [0.15, 0.2) is 109 Å². The molecule has 0 spiro atoms. The number of para-hydroxylation sites is 1. The third-order valence-electron chi connectivity index (χ3n) is 7.97. The Kier molecular flexibility index (Phi) is 8.12. The normalized spacial score (nSPS) is 15.4. The SMILES string of the molecule is Cc1cccc(C)c1-n1nnnc1C(c1ccc(-c2ccccc2)cc1)N1CCN(CC=Cc2ccccc2)CC1. The number of aromatic nitrogens is 4. The highest BCUT2D eigenvalue weighted by Crippen LogP contribution is 2.32. The molecule has 1 fully saturated rings. The molecular formula is C35H36N6. The number of hydrogen-bond donors (Lipinski definition) is 0. The predicted octanol–water partition coefficient (Wildman–Crippen LogP) is 6.37. The van der Waals surface area contributed by atoms with Gasteiger partial charge in [-0.3, -0.25) is 9.80 Å². The summed E-state index contributed by atoms with van der Waals surface area (Å²) in [5, 5.41) is 13.3. The van der Waals surface area contributed by atoms with Gasteiger partial charge in [0.2, 0.25) is 0 Å². The number of nitrogens with zero attached hydrogens (tertiary/aromatic N) is 6. The van der Waals surface area contributed by atoms with Crippen LogP contribution in [0.25, 0.3) is 22.9 Å². The third-order valence-corrected chi connectivity index (χ3v) is 7.97. The second-order valence-electron chi connectivity index (χ2n) is 10.7. The van der Waals surface area contributed by atoms with E-state index in [1.54, 1.807) is 0 Å². The summed E-state index contributed by atoms with van der Waals surface area (Å²) >= 11 is 0. The van der Waals surface area contributed by atoms with Crippen molar-refractivity contribution >= 4 is 6.08 Å². The van der Waals surface area contributed by atoms with E-state index in [0.717, 1.165) is 55.4 Å². The van der Waals surface area contributed by atoms with Gasteiger partial charge in [-0.25, -0.2) is 0 Å². The highest BCUT2D eigenvalue weighted by atomic mass is 15.6. The van der Waals surface area contributed by atoms with Crippen molar-refractivity contribution < 1.29 is 0 Å². The van der Waals surface area contributed by atoms with Crippen LogP contribution < -0.4 is 0 Å². The lowest BCUT2D eigenvalue weighted by atomic mass is 9.98. The van der Waals surface area contributed by atoms with Crippen LogP contribution in [-0.2, 0) is 0 Å². The standard InChI is InChI=1S/C35H36N6/c1-27-11-9-12-28(2)33(27)41-35(36-37-38-41)34(32-20-18-31(19-21-32)30-16-7-4-8-17-30)40-25-23-39(24-26-40)22-10-15-29-13-5-3-6-14-29/h3-21,34H,22-26H2,1-2H3. The van der Waals surface area contributed by atoms with E-state index in [1.807, 2.05) is 4.68 Å². The maximum Gasteiger partial charge on any atom is 0.178 e. The van der Waals surface area contributed by atoms with Crippen molar-refractivity contribution in [1.82, 2.24) is 30.0 Å². The van der Waals surface area contributed by atoms with Gasteiger partial charge in [0.15, 0.2) is 5.82 Å². The van der Waals surface area contributed by atoms with Gasteiger partial charge in [0, 0.05) is 32.7 Å². The maximum absolute atomic E-state index is 4.64. The van der Waals surface area contributed by atoms with E-state index in [0.29, 0.717) is 0 Å². The van der Waals surface area contributed by atoms with Crippen LogP contribution in [-0.4, -0.2) is 62.7 Å². The van der Waals surface area contributed by atoms with E-state index < -0.39 is 0 Å². The molecule has 0 saturated carbocycles. The Balaban J connectivity index is 1.28. The molecule has 206 valence electrons. The molecule has 41 heavy (non-hydrogen) atoms. The number of hydrogen-bond acceptors (Lipinski definition) is 5. The smallest absolute Gasteiger partial charge is 0.178 e. The Morgan fingerprint density at radius 1 is 0.707 bits per heavy atom. The molecule has 0 bridgehead atoms. The monoisotopic (exact) mass is 540 g/mol. The predicted molar refractivity (Wildman–Crippen MR) is 166 cm³/mol. The minimum absolute atomic E-state index is 0.0594. The second-order valence-corrected chi connectivity index (χ2v) is 10.7. The molecule has 1 aromatic heterocycles. The Labute approximate surface area is 242 Å². The van der Waals surface area contributed by atoms with Gasteiger partial charge in [0.1, 0.15) is 0 Å². The number of benzene rings is 4. The second kappa shape index (κ2) is 12.4. The molecule has 1 unspecified atom stereocenters. The van der Waals surface area contributed by atoms with E-state index >= 15 is 0 Å². The number of tetrazole rings is 1. The van der Waals surface area contributed by atoms with Crippen molar-refractivity contribution in [2.24, 2.45) is 0 Å². The molecule has 5 aromatic rings. The van der Waals surface area contributed by atoms with Crippen molar-refractivity contribution in [3.05, 3.63) is 137 Å². The average molecular weight is 541 g/mol. The van der Waals surface area contributed by atoms with E-state index in [1.165, 1.54) is 22.3 Å². The topological polar surface area (TPSA) is 50.1 Å². The van der Waals surface area contributed by atoms with Gasteiger partial charge in [-0.15, -0.1) is 5.10 Å². The molecule has 4 aromatic carbocycles. The van der Waals surface area contributed by atoms with Gasteiger partial charge >= 0.3 is 0 Å². The quantitative estimate of drug-likeness (QED) is 0.229. The summed E-state index contributed by atoms with van der Waals surface area (Å²) in [7, 11) is 0. The Morgan fingerprint density at radius 3 is 2.02 bits per heavy atom. The zero-order valence-electron chi connectivity index (χ0n) is 23.8. The van der Waals surface area contributed by atoms with Gasteiger partial charge in [-0.05, 0) is 57.7 Å². The minimum Gasteiger partial charge on any atom is -0.297 e. The molecular weight excluding hydrogens is 504 g/mol. The van der Waals surface area contributed by atoms with Gasteiger partial charge in [0.05, 0.1) is 11.7 Å². The first-order chi connectivity index (χ1) is 20.2. The molecule has 6 heteroatoms. The maximum atomic E-state index is 4.64. The van der Waals surface area contributed by atoms with Crippen LogP contribution >= 0.6 is 0 Å². The third kappa shape index (κ3) is 6.04. The van der Waals surface area contributed by atoms with Gasteiger partial charge in [0.25, 0.3) is 0 Å². The molecule has 2 heterocycles. The van der Waals surface area contributed by atoms with Crippen LogP contribution in [0.3, 0.4) is 0 Å². The molecule has 1 atom stereocenters. The molecule has 0 radical (unpaired) electrons. The van der Waals surface area contributed by atoms with Crippen molar-refractivity contribution in [2.45, 2.75) is 19.9 Å². The molecule has 0 amide bonds. The Morgan fingerprint density at radius 2 is 1.34 bits per heavy atom. The first-order valence-corrected chi connectivity index (χ1v) is 14.4. The molecule has 0 aliphatic carbocycles. The highest BCUT2D eigenvalue weighted by Gasteiger charge is 2.31. The summed E-state index contributed by atoms with van der Waals surface area (Å²) in [6.07, 6.45) is 4.48. The van der Waals surface area contributed by atoms with Crippen LogP contribution in [0.1, 0.15) is 34.1 Å². The first-order valence-electron chi connectivity index (χ1n) is 14.4.